The Morgan fingerprint density at radius 2 is 2.00 bits per heavy atom. The van der Waals surface area contributed by atoms with Gasteiger partial charge in [-0.25, -0.2) is 9.97 Å². The Balaban J connectivity index is 1.75. The zero-order chi connectivity index (χ0) is 22.8. The fraction of sp³-hybridized carbons (Fsp3) is 0.346. The maximum Gasteiger partial charge on any atom is 0.219 e. The van der Waals surface area contributed by atoms with E-state index in [1.165, 1.54) is 16.7 Å². The molecule has 0 spiro atoms. The summed E-state index contributed by atoms with van der Waals surface area (Å²) in [6.45, 7) is 9.09. The molecular formula is C26H30N4O2. The molecule has 32 heavy (non-hydrogen) atoms. The number of rotatable bonds is 5. The molecule has 2 aromatic carbocycles. The molecule has 1 aliphatic rings. The van der Waals surface area contributed by atoms with Crippen molar-refractivity contribution in [2.45, 2.75) is 40.2 Å². The van der Waals surface area contributed by atoms with Crippen LogP contribution in [0.5, 0.6) is 5.75 Å². The fourth-order valence-electron chi connectivity index (χ4n) is 4.23. The van der Waals surface area contributed by atoms with E-state index in [0.717, 1.165) is 34.5 Å². The van der Waals surface area contributed by atoms with Crippen molar-refractivity contribution in [3.63, 3.8) is 0 Å². The second kappa shape index (κ2) is 8.99. The molecule has 1 aliphatic heterocycles. The van der Waals surface area contributed by atoms with Crippen LogP contribution in [0.25, 0.3) is 16.5 Å². The highest BCUT2D eigenvalue weighted by atomic mass is 16.5. The molecule has 1 amide bonds. The molecule has 4 rings (SSSR count). The van der Waals surface area contributed by atoms with Crippen molar-refractivity contribution in [3.05, 3.63) is 65.0 Å². The summed E-state index contributed by atoms with van der Waals surface area (Å²) in [6, 6.07) is 12.7. The molecular weight excluding hydrogens is 400 g/mol. The lowest BCUT2D eigenvalue weighted by Crippen LogP contribution is -2.32. The summed E-state index contributed by atoms with van der Waals surface area (Å²) >= 11 is 0. The summed E-state index contributed by atoms with van der Waals surface area (Å²) < 4.78 is 5.72. The van der Waals surface area contributed by atoms with Gasteiger partial charge in [0.15, 0.2) is 0 Å². The van der Waals surface area contributed by atoms with E-state index in [1.807, 2.05) is 17.9 Å². The predicted molar refractivity (Wildman–Crippen MR) is 129 cm³/mol. The molecule has 3 aromatic rings. The number of anilines is 1. The number of hydrogen-bond acceptors (Lipinski definition) is 5. The molecule has 6 nitrogen and oxygen atoms in total. The molecule has 2 heterocycles. The van der Waals surface area contributed by atoms with E-state index in [4.69, 9.17) is 9.72 Å². The van der Waals surface area contributed by atoms with Crippen LogP contribution < -0.4 is 10.1 Å². The quantitative estimate of drug-likeness (QED) is 0.613. The van der Waals surface area contributed by atoms with Gasteiger partial charge in [0.2, 0.25) is 5.91 Å². The van der Waals surface area contributed by atoms with Gasteiger partial charge in [0.25, 0.3) is 0 Å². The number of ether oxygens (including phenoxy) is 1. The molecule has 0 aliphatic carbocycles. The number of benzene rings is 2. The minimum atomic E-state index is 0.0935. The Bertz CT molecular complexity index is 1200. The summed E-state index contributed by atoms with van der Waals surface area (Å²) in [7, 11) is 1.68. The lowest BCUT2D eigenvalue weighted by atomic mass is 9.96. The first-order valence-electron chi connectivity index (χ1n) is 11.0. The van der Waals surface area contributed by atoms with Crippen molar-refractivity contribution in [1.29, 1.82) is 0 Å². The van der Waals surface area contributed by atoms with Gasteiger partial charge in [0.1, 0.15) is 17.4 Å². The first-order chi connectivity index (χ1) is 15.4. The van der Waals surface area contributed by atoms with Gasteiger partial charge in [-0.05, 0) is 44.4 Å². The van der Waals surface area contributed by atoms with Crippen LogP contribution in [0.4, 0.5) is 5.82 Å². The van der Waals surface area contributed by atoms with E-state index in [9.17, 15) is 4.79 Å². The van der Waals surface area contributed by atoms with Crippen LogP contribution in [0.15, 0.2) is 42.5 Å². The summed E-state index contributed by atoms with van der Waals surface area (Å²) in [4.78, 5) is 22.9. The molecule has 1 N–H and O–H groups in total. The Kier molecular flexibility index (Phi) is 6.12. The zero-order valence-corrected chi connectivity index (χ0v) is 19.4. The minimum Gasteiger partial charge on any atom is -0.496 e. The summed E-state index contributed by atoms with van der Waals surface area (Å²) in [6.07, 6.45) is 2.91. The van der Waals surface area contributed by atoms with Crippen LogP contribution in [-0.4, -0.2) is 41.0 Å². The number of nitrogens with zero attached hydrogens (tertiary/aromatic N) is 3. The molecule has 0 fully saturated rings. The molecule has 0 saturated heterocycles. The van der Waals surface area contributed by atoms with Crippen LogP contribution in [0.1, 0.15) is 48.8 Å². The summed E-state index contributed by atoms with van der Waals surface area (Å²) in [5.41, 5.74) is 5.50. The SMILES string of the molecule is COc1cc2nc(C)nc(N[C@H](C)c3cccc(C)c3)c2cc1C1=CCN(C(C)=O)CC1. The Morgan fingerprint density at radius 1 is 1.19 bits per heavy atom. The van der Waals surface area contributed by atoms with Crippen molar-refractivity contribution < 1.29 is 9.53 Å². The van der Waals surface area contributed by atoms with Gasteiger partial charge in [0, 0.05) is 43.1 Å². The van der Waals surface area contributed by atoms with Crippen LogP contribution >= 0.6 is 0 Å². The van der Waals surface area contributed by atoms with Crippen LogP contribution in [0.2, 0.25) is 0 Å². The third-order valence-corrected chi connectivity index (χ3v) is 6.02. The maximum atomic E-state index is 11.7. The topological polar surface area (TPSA) is 67.4 Å². The number of hydrogen-bond donors (Lipinski definition) is 1. The minimum absolute atomic E-state index is 0.0935. The zero-order valence-electron chi connectivity index (χ0n) is 19.4. The van der Waals surface area contributed by atoms with E-state index < -0.39 is 0 Å². The monoisotopic (exact) mass is 430 g/mol. The third-order valence-electron chi connectivity index (χ3n) is 6.02. The predicted octanol–water partition coefficient (Wildman–Crippen LogP) is 5.06. The highest BCUT2D eigenvalue weighted by molar-refractivity contribution is 5.94. The van der Waals surface area contributed by atoms with Gasteiger partial charge in [0.05, 0.1) is 12.6 Å². The van der Waals surface area contributed by atoms with Crippen LogP contribution in [-0.2, 0) is 4.79 Å². The van der Waals surface area contributed by atoms with Crippen LogP contribution in [0.3, 0.4) is 0 Å². The number of carbonyl (C=O) groups excluding carboxylic acids is 1. The average molecular weight is 431 g/mol. The lowest BCUT2D eigenvalue weighted by molar-refractivity contribution is -0.128. The first kappa shape index (κ1) is 21.8. The largest absolute Gasteiger partial charge is 0.496 e. The second-order valence-corrected chi connectivity index (χ2v) is 8.41. The van der Waals surface area contributed by atoms with Crippen molar-refractivity contribution in [1.82, 2.24) is 14.9 Å². The van der Waals surface area contributed by atoms with Gasteiger partial charge in [-0.15, -0.1) is 0 Å². The smallest absolute Gasteiger partial charge is 0.219 e. The van der Waals surface area contributed by atoms with E-state index in [2.05, 4.69) is 60.6 Å². The molecule has 1 atom stereocenters. The van der Waals surface area contributed by atoms with E-state index in [1.54, 1.807) is 14.0 Å². The Morgan fingerprint density at radius 3 is 2.66 bits per heavy atom. The fourth-order valence-corrected chi connectivity index (χ4v) is 4.23. The Labute approximate surface area is 189 Å². The normalized spacial score (nSPS) is 14.8. The molecule has 0 unspecified atom stereocenters. The van der Waals surface area contributed by atoms with Gasteiger partial charge in [-0.1, -0.05) is 35.9 Å². The maximum absolute atomic E-state index is 11.7. The molecule has 0 bridgehead atoms. The Hall–Kier alpha value is -3.41. The number of nitrogens with one attached hydrogen (secondary N) is 1. The van der Waals surface area contributed by atoms with Crippen molar-refractivity contribution in [2.75, 3.05) is 25.5 Å². The number of fused-ring (bicyclic) bond motifs is 1. The number of amides is 1. The molecule has 6 heteroatoms. The van der Waals surface area contributed by atoms with E-state index >= 15 is 0 Å². The third kappa shape index (κ3) is 4.44. The number of aromatic nitrogens is 2. The number of aryl methyl sites for hydroxylation is 2. The van der Waals surface area contributed by atoms with Crippen LogP contribution in [0, 0.1) is 13.8 Å². The van der Waals surface area contributed by atoms with E-state index in [0.29, 0.717) is 18.9 Å². The van der Waals surface area contributed by atoms with Crippen molar-refractivity contribution >= 4 is 28.2 Å². The summed E-state index contributed by atoms with van der Waals surface area (Å²) in [5.74, 6) is 2.41. The second-order valence-electron chi connectivity index (χ2n) is 8.41. The number of carbonyl (C=O) groups is 1. The van der Waals surface area contributed by atoms with E-state index in [-0.39, 0.29) is 11.9 Å². The van der Waals surface area contributed by atoms with Gasteiger partial charge < -0.3 is 15.0 Å². The highest BCUT2D eigenvalue weighted by Crippen LogP contribution is 2.36. The number of methoxy groups -OCH3 is 1. The van der Waals surface area contributed by atoms with Crippen molar-refractivity contribution in [2.24, 2.45) is 0 Å². The van der Waals surface area contributed by atoms with Crippen molar-refractivity contribution in [3.8, 4) is 5.75 Å². The highest BCUT2D eigenvalue weighted by Gasteiger charge is 2.20. The first-order valence-corrected chi connectivity index (χ1v) is 11.0. The lowest BCUT2D eigenvalue weighted by Gasteiger charge is -2.26. The molecule has 0 radical (unpaired) electrons. The summed E-state index contributed by atoms with van der Waals surface area (Å²) in [5, 5.41) is 4.55. The molecule has 0 saturated carbocycles. The average Bonchev–Trinajstić information content (AvgIpc) is 2.78. The van der Waals surface area contributed by atoms with Gasteiger partial charge in [-0.2, -0.15) is 0 Å². The molecule has 166 valence electrons. The molecule has 1 aromatic heterocycles. The van der Waals surface area contributed by atoms with Gasteiger partial charge >= 0.3 is 0 Å². The van der Waals surface area contributed by atoms with Gasteiger partial charge in [-0.3, -0.25) is 4.79 Å². The standard InChI is InChI=1S/C26H30N4O2/c1-16-7-6-8-21(13-16)17(2)27-26-23-14-22(20-9-11-30(12-10-20)19(4)31)25(32-5)15-24(23)28-18(3)29-26/h6-9,13-15,17H,10-12H2,1-5H3,(H,27,28,29)/t17-/m1/s1.